The van der Waals surface area contributed by atoms with E-state index in [1.807, 2.05) is 0 Å². The Morgan fingerprint density at radius 3 is 1.28 bits per heavy atom. The van der Waals surface area contributed by atoms with Gasteiger partial charge in [-0.1, -0.05) is 0 Å². The molecule has 0 atom stereocenters. The molecule has 0 aliphatic heterocycles. The molecule has 0 aromatic carbocycles. The number of carbonyl (C=O) groups excluding carboxylic acids is 4. The Bertz CT molecular complexity index is 1130. The highest BCUT2D eigenvalue weighted by atomic mass is 32.1. The first-order valence-electron chi connectivity index (χ1n) is 7.86. The van der Waals surface area contributed by atoms with Crippen molar-refractivity contribution in [1.82, 2.24) is 0 Å². The van der Waals surface area contributed by atoms with Gasteiger partial charge in [-0.2, -0.15) is 17.6 Å². The number of carbonyl (C=O) groups is 4. The van der Waals surface area contributed by atoms with Gasteiger partial charge < -0.3 is 0 Å². The van der Waals surface area contributed by atoms with E-state index in [-0.39, 0.29) is 20.9 Å². The molecule has 0 fully saturated rings. The predicted octanol–water partition coefficient (Wildman–Crippen LogP) is 5.23. The van der Waals surface area contributed by atoms with Crippen molar-refractivity contribution in [1.29, 1.82) is 0 Å². The number of rotatable bonds is 2. The van der Waals surface area contributed by atoms with Crippen LogP contribution in [0.25, 0.3) is 19.5 Å². The van der Waals surface area contributed by atoms with Gasteiger partial charge in [0, 0.05) is 30.6 Å². The second kappa shape index (κ2) is 5.55. The van der Waals surface area contributed by atoms with Crippen LogP contribution in [0.5, 0.6) is 0 Å². The van der Waals surface area contributed by atoms with Crippen LogP contribution in [0.15, 0.2) is 24.3 Å². The summed E-state index contributed by atoms with van der Waals surface area (Å²) in [7, 11) is 0. The van der Waals surface area contributed by atoms with Crippen LogP contribution in [-0.2, 0) is 0 Å². The van der Waals surface area contributed by atoms with E-state index in [9.17, 15) is 36.7 Å². The molecule has 2 aliphatic carbocycles. The summed E-state index contributed by atoms with van der Waals surface area (Å²) in [6.45, 7) is 0. The highest BCUT2D eigenvalue weighted by Crippen LogP contribution is 2.47. The molecule has 3 heterocycles. The Labute approximate surface area is 170 Å². The SMILES string of the molecule is O=C1c2cc(-c3ccc(-c4cc5c(s4)C(=O)C(F)(F)C5=O)s3)sc2C(=O)C1(F)F. The molecule has 0 amide bonds. The number of hydrogen-bond donors (Lipinski definition) is 0. The minimum Gasteiger partial charge on any atom is -0.287 e. The van der Waals surface area contributed by atoms with Gasteiger partial charge in [-0.25, -0.2) is 0 Å². The van der Waals surface area contributed by atoms with Crippen LogP contribution in [0, 0.1) is 0 Å². The summed E-state index contributed by atoms with van der Waals surface area (Å²) in [6, 6.07) is 5.71. The van der Waals surface area contributed by atoms with Gasteiger partial charge in [-0.15, -0.1) is 34.0 Å². The van der Waals surface area contributed by atoms with Gasteiger partial charge in [0.05, 0.1) is 9.75 Å². The molecule has 2 aliphatic rings. The molecular weight excluding hydrogens is 452 g/mol. The smallest absolute Gasteiger partial charge is 0.287 e. The Kier molecular flexibility index (Phi) is 3.55. The van der Waals surface area contributed by atoms with E-state index in [1.165, 1.54) is 12.1 Å². The second-order valence-corrected chi connectivity index (χ2v) is 9.52. The van der Waals surface area contributed by atoms with Crippen molar-refractivity contribution in [2.24, 2.45) is 0 Å². The van der Waals surface area contributed by atoms with Crippen LogP contribution in [0.3, 0.4) is 0 Å². The number of alkyl halides is 4. The van der Waals surface area contributed by atoms with Crippen molar-refractivity contribution in [3.05, 3.63) is 45.1 Å². The molecule has 0 spiro atoms. The molecular formula is C18H4F4O4S3. The van der Waals surface area contributed by atoms with Crippen molar-refractivity contribution < 1.29 is 36.7 Å². The first kappa shape index (κ1) is 18.5. The van der Waals surface area contributed by atoms with Gasteiger partial charge >= 0.3 is 11.8 Å². The molecule has 0 bridgehead atoms. The minimum absolute atomic E-state index is 0.293. The lowest BCUT2D eigenvalue weighted by Crippen LogP contribution is -2.30. The maximum absolute atomic E-state index is 13.5. The summed E-state index contributed by atoms with van der Waals surface area (Å²) >= 11 is 2.71. The van der Waals surface area contributed by atoms with E-state index in [1.54, 1.807) is 12.1 Å². The van der Waals surface area contributed by atoms with Crippen LogP contribution >= 0.6 is 34.0 Å². The zero-order chi connectivity index (χ0) is 20.9. The van der Waals surface area contributed by atoms with Crippen molar-refractivity contribution >= 4 is 57.1 Å². The summed E-state index contributed by atoms with van der Waals surface area (Å²) in [5.41, 5.74) is -0.632. The highest BCUT2D eigenvalue weighted by Gasteiger charge is 2.57. The zero-order valence-corrected chi connectivity index (χ0v) is 16.1. The Balaban J connectivity index is 1.50. The summed E-state index contributed by atoms with van der Waals surface area (Å²) in [6.07, 6.45) is 0. The molecule has 0 saturated heterocycles. The minimum atomic E-state index is -4.03. The third kappa shape index (κ3) is 2.29. The fraction of sp³-hybridized carbons (Fsp3) is 0.111. The Morgan fingerprint density at radius 2 is 0.931 bits per heavy atom. The molecule has 4 nitrogen and oxygen atoms in total. The van der Waals surface area contributed by atoms with Crippen molar-refractivity contribution in [2.75, 3.05) is 0 Å². The fourth-order valence-corrected chi connectivity index (χ4v) is 6.56. The molecule has 3 aromatic rings. The highest BCUT2D eigenvalue weighted by molar-refractivity contribution is 7.27. The molecule has 3 aromatic heterocycles. The lowest BCUT2D eigenvalue weighted by atomic mass is 10.2. The van der Waals surface area contributed by atoms with Gasteiger partial charge in [0.2, 0.25) is 11.6 Å². The number of Topliss-reactive ketones (excluding diaryl/α,β-unsaturated/α-hetero) is 4. The van der Waals surface area contributed by atoms with Gasteiger partial charge in [0.25, 0.3) is 11.6 Å². The van der Waals surface area contributed by atoms with Crippen LogP contribution < -0.4 is 0 Å². The van der Waals surface area contributed by atoms with E-state index in [0.717, 1.165) is 34.0 Å². The second-order valence-electron chi connectivity index (χ2n) is 6.34. The maximum Gasteiger partial charge on any atom is 0.372 e. The largest absolute Gasteiger partial charge is 0.372 e. The molecule has 0 unspecified atom stereocenters. The average molecular weight is 456 g/mol. The summed E-state index contributed by atoms with van der Waals surface area (Å²) < 4.78 is 54.1. The predicted molar refractivity (Wildman–Crippen MR) is 98.2 cm³/mol. The number of halogens is 4. The lowest BCUT2D eigenvalue weighted by Gasteiger charge is -2.03. The topological polar surface area (TPSA) is 68.3 Å². The normalized spacial score (nSPS) is 19.2. The van der Waals surface area contributed by atoms with E-state index >= 15 is 0 Å². The Morgan fingerprint density at radius 1 is 0.552 bits per heavy atom. The molecule has 5 rings (SSSR count). The third-order valence-electron chi connectivity index (χ3n) is 4.60. The van der Waals surface area contributed by atoms with Crippen LogP contribution in [0.4, 0.5) is 17.6 Å². The standard InChI is InChI=1S/C18H4F4O4S3/c19-17(20)13(23)5-3-9(28-11(5)15(17)25)7-1-2-8(27-7)10-4-6-12(29-10)16(26)18(21,22)14(6)24/h1-4H. The molecule has 11 heteroatoms. The van der Waals surface area contributed by atoms with Crippen molar-refractivity contribution in [3.63, 3.8) is 0 Å². The monoisotopic (exact) mass is 456 g/mol. The zero-order valence-electron chi connectivity index (χ0n) is 13.7. The summed E-state index contributed by atoms with van der Waals surface area (Å²) in [5.74, 6) is -14.1. The first-order valence-corrected chi connectivity index (χ1v) is 10.3. The van der Waals surface area contributed by atoms with E-state index in [2.05, 4.69) is 0 Å². The number of thiophene rings is 3. The molecule has 146 valence electrons. The van der Waals surface area contributed by atoms with Crippen molar-refractivity contribution in [2.45, 2.75) is 11.8 Å². The van der Waals surface area contributed by atoms with Gasteiger partial charge in [-0.05, 0) is 24.3 Å². The summed E-state index contributed by atoms with van der Waals surface area (Å²) in [5, 5.41) is 0. The van der Waals surface area contributed by atoms with E-state index in [0.29, 0.717) is 19.5 Å². The van der Waals surface area contributed by atoms with Crippen LogP contribution in [0.1, 0.15) is 40.1 Å². The quantitative estimate of drug-likeness (QED) is 0.391. The van der Waals surface area contributed by atoms with E-state index in [4.69, 9.17) is 0 Å². The maximum atomic E-state index is 13.5. The molecule has 29 heavy (non-hydrogen) atoms. The number of fused-ring (bicyclic) bond motifs is 2. The van der Waals surface area contributed by atoms with E-state index < -0.39 is 35.0 Å². The van der Waals surface area contributed by atoms with Crippen LogP contribution in [-0.4, -0.2) is 35.0 Å². The Hall–Kier alpha value is -2.50. The average Bonchev–Trinajstić information content (AvgIpc) is 3.44. The fourth-order valence-electron chi connectivity index (χ4n) is 3.13. The number of hydrogen-bond acceptors (Lipinski definition) is 7. The molecule has 0 N–H and O–H groups in total. The number of ketones is 4. The summed E-state index contributed by atoms with van der Waals surface area (Å²) in [4.78, 5) is 48.3. The van der Waals surface area contributed by atoms with Gasteiger partial charge in [0.1, 0.15) is 0 Å². The first-order chi connectivity index (χ1) is 13.5. The third-order valence-corrected chi connectivity index (χ3v) is 8.34. The molecule has 0 radical (unpaired) electrons. The van der Waals surface area contributed by atoms with Gasteiger partial charge in [0.15, 0.2) is 0 Å². The van der Waals surface area contributed by atoms with Crippen molar-refractivity contribution in [3.8, 4) is 19.5 Å². The molecule has 0 saturated carbocycles. The van der Waals surface area contributed by atoms with Gasteiger partial charge in [-0.3, -0.25) is 19.2 Å². The van der Waals surface area contributed by atoms with Crippen LogP contribution in [0.2, 0.25) is 0 Å². The lowest BCUT2D eigenvalue weighted by molar-refractivity contribution is 0.0187.